The van der Waals surface area contributed by atoms with E-state index in [2.05, 4.69) is 5.32 Å². The minimum atomic E-state index is -1.64. The van der Waals surface area contributed by atoms with Crippen molar-refractivity contribution in [3.63, 3.8) is 0 Å². The molecule has 35 heavy (non-hydrogen) atoms. The molecule has 3 atom stereocenters. The van der Waals surface area contributed by atoms with Crippen molar-refractivity contribution >= 4 is 18.0 Å². The fraction of sp³-hybridized carbons (Fsp3) is 0.375. The molecule has 1 heterocycles. The normalized spacial score (nSPS) is 21.0. The number of benzene rings is 2. The van der Waals surface area contributed by atoms with E-state index in [9.17, 15) is 29.0 Å². The van der Waals surface area contributed by atoms with E-state index < -0.39 is 42.1 Å². The maximum atomic E-state index is 14.7. The standard InChI is InChI=1S/C24H29FN4O6/c1-29-21(35-24(33)34)12-15-9-13(4-6-17(15)25)14-5-7-20(30)16(10-14)11-18(27)22(31)28-19(23(29)32)3-2-8-26/h4-7,9-10,18-19,21,30H,2-3,8,11-12,26-27H2,1H3,(H,28,31)(H,33,34)/t18-,19-,21-/m0/s1. The third-order valence-corrected chi connectivity index (χ3v) is 5.96. The first-order valence-corrected chi connectivity index (χ1v) is 11.1. The Balaban J connectivity index is 2.12. The summed E-state index contributed by atoms with van der Waals surface area (Å²) in [4.78, 5) is 38.5. The van der Waals surface area contributed by atoms with Crippen LogP contribution in [0, 0.1) is 5.82 Å². The van der Waals surface area contributed by atoms with Gasteiger partial charge in [-0.25, -0.2) is 9.18 Å². The third-order valence-electron chi connectivity index (χ3n) is 5.96. The van der Waals surface area contributed by atoms with Gasteiger partial charge in [-0.3, -0.25) is 9.59 Å². The van der Waals surface area contributed by atoms with Gasteiger partial charge >= 0.3 is 6.16 Å². The molecular weight excluding hydrogens is 459 g/mol. The van der Waals surface area contributed by atoms with E-state index in [4.69, 9.17) is 16.2 Å². The molecule has 4 bridgehead atoms. The number of aromatic hydroxyl groups is 1. The summed E-state index contributed by atoms with van der Waals surface area (Å²) in [5, 5.41) is 22.2. The number of rotatable bonds is 4. The molecule has 10 nitrogen and oxygen atoms in total. The number of nitrogens with zero attached hydrogens (tertiary/aromatic N) is 1. The van der Waals surface area contributed by atoms with Crippen LogP contribution in [0.15, 0.2) is 36.4 Å². The lowest BCUT2D eigenvalue weighted by Gasteiger charge is -2.31. The number of hydrogen-bond donors (Lipinski definition) is 5. The first-order chi connectivity index (χ1) is 16.6. The molecule has 0 spiro atoms. The predicted octanol–water partition coefficient (Wildman–Crippen LogP) is 1.33. The Labute approximate surface area is 201 Å². The lowest BCUT2D eigenvalue weighted by molar-refractivity contribution is -0.144. The van der Waals surface area contributed by atoms with Crippen molar-refractivity contribution in [2.24, 2.45) is 11.5 Å². The Kier molecular flexibility index (Phi) is 8.26. The molecule has 1 aliphatic heterocycles. The van der Waals surface area contributed by atoms with Crippen LogP contribution in [-0.4, -0.2) is 65.0 Å². The number of carbonyl (C=O) groups is 3. The summed E-state index contributed by atoms with van der Waals surface area (Å²) in [5.74, 6) is -1.93. The maximum absolute atomic E-state index is 14.7. The number of phenols is 1. The van der Waals surface area contributed by atoms with Crippen LogP contribution in [-0.2, 0) is 27.2 Å². The van der Waals surface area contributed by atoms with Gasteiger partial charge < -0.3 is 36.6 Å². The molecule has 0 saturated carbocycles. The molecule has 3 rings (SSSR count). The first kappa shape index (κ1) is 25.9. The fourth-order valence-corrected chi connectivity index (χ4v) is 3.98. The van der Waals surface area contributed by atoms with Crippen molar-refractivity contribution in [1.82, 2.24) is 10.2 Å². The molecule has 0 saturated heterocycles. The topological polar surface area (TPSA) is 168 Å². The van der Waals surface area contributed by atoms with Crippen molar-refractivity contribution in [3.8, 4) is 16.9 Å². The Morgan fingerprint density at radius 3 is 2.49 bits per heavy atom. The molecule has 11 heteroatoms. The van der Waals surface area contributed by atoms with Crippen molar-refractivity contribution in [3.05, 3.63) is 53.3 Å². The number of halogens is 1. The quantitative estimate of drug-likeness (QED) is 0.402. The highest BCUT2D eigenvalue weighted by molar-refractivity contribution is 5.90. The lowest BCUT2D eigenvalue weighted by Crippen LogP contribution is -2.55. The summed E-state index contributed by atoms with van der Waals surface area (Å²) in [5.41, 5.74) is 13.4. The molecule has 0 aromatic heterocycles. The number of nitrogens with one attached hydrogen (secondary N) is 1. The van der Waals surface area contributed by atoms with Gasteiger partial charge in [0.2, 0.25) is 11.8 Å². The van der Waals surface area contributed by atoms with Crippen molar-refractivity contribution in [1.29, 1.82) is 0 Å². The van der Waals surface area contributed by atoms with Gasteiger partial charge in [0.05, 0.1) is 6.04 Å². The molecular formula is C24H29FN4O6. The highest BCUT2D eigenvalue weighted by Gasteiger charge is 2.32. The number of carboxylic acid groups (broad SMARTS) is 1. The van der Waals surface area contributed by atoms with Crippen LogP contribution < -0.4 is 16.8 Å². The summed E-state index contributed by atoms with van der Waals surface area (Å²) in [7, 11) is 1.32. The minimum Gasteiger partial charge on any atom is -0.508 e. The van der Waals surface area contributed by atoms with Crippen LogP contribution in [0.5, 0.6) is 5.75 Å². The second kappa shape index (κ2) is 11.2. The maximum Gasteiger partial charge on any atom is 0.507 e. The number of hydrogen-bond acceptors (Lipinski definition) is 7. The van der Waals surface area contributed by atoms with E-state index >= 15 is 0 Å². The molecule has 7 N–H and O–H groups in total. The molecule has 2 aromatic carbocycles. The Morgan fingerprint density at radius 1 is 1.17 bits per heavy atom. The number of likely N-dealkylation sites (N-methyl/N-ethyl adjacent to an activating group) is 1. The molecule has 2 aromatic rings. The number of fused-ring (bicyclic) bond motifs is 5. The number of amides is 2. The van der Waals surface area contributed by atoms with E-state index in [-0.39, 0.29) is 37.1 Å². The summed E-state index contributed by atoms with van der Waals surface area (Å²) in [6, 6.07) is 6.86. The van der Waals surface area contributed by atoms with Gasteiger partial charge in [0.1, 0.15) is 17.6 Å². The van der Waals surface area contributed by atoms with Crippen LogP contribution in [0.1, 0.15) is 24.0 Å². The number of phenolic OH excluding ortho intramolecular Hbond substituents is 1. The van der Waals surface area contributed by atoms with Crippen molar-refractivity contribution < 1.29 is 33.7 Å². The zero-order valence-corrected chi connectivity index (χ0v) is 19.2. The van der Waals surface area contributed by atoms with E-state index in [0.717, 1.165) is 4.90 Å². The van der Waals surface area contributed by atoms with Gasteiger partial charge in [-0.05, 0) is 65.9 Å². The predicted molar refractivity (Wildman–Crippen MR) is 125 cm³/mol. The van der Waals surface area contributed by atoms with Crippen LogP contribution in [0.25, 0.3) is 11.1 Å². The molecule has 188 valence electrons. The fourth-order valence-electron chi connectivity index (χ4n) is 3.98. The zero-order chi connectivity index (χ0) is 25.7. The molecule has 2 amide bonds. The Hall–Kier alpha value is -3.70. The van der Waals surface area contributed by atoms with Gasteiger partial charge in [0, 0.05) is 19.9 Å². The molecule has 1 aliphatic rings. The molecule has 0 radical (unpaired) electrons. The lowest BCUT2D eigenvalue weighted by atomic mass is 9.96. The smallest absolute Gasteiger partial charge is 0.507 e. The van der Waals surface area contributed by atoms with Gasteiger partial charge in [-0.15, -0.1) is 0 Å². The number of nitrogens with two attached hydrogens (primary N) is 2. The van der Waals surface area contributed by atoms with Gasteiger partial charge in [0.15, 0.2) is 6.23 Å². The van der Waals surface area contributed by atoms with Crippen molar-refractivity contribution in [2.45, 2.75) is 44.0 Å². The summed E-state index contributed by atoms with van der Waals surface area (Å²) in [6.45, 7) is 0.253. The van der Waals surface area contributed by atoms with E-state index in [1.807, 2.05) is 0 Å². The van der Waals surface area contributed by atoms with E-state index in [1.54, 1.807) is 12.1 Å². The summed E-state index contributed by atoms with van der Waals surface area (Å²) < 4.78 is 19.7. The number of carbonyl (C=O) groups excluding carboxylic acids is 2. The van der Waals surface area contributed by atoms with E-state index in [1.165, 1.54) is 31.3 Å². The minimum absolute atomic E-state index is 0.0159. The largest absolute Gasteiger partial charge is 0.508 e. The SMILES string of the molecule is CN1C(=O)[C@H](CCCN)NC(=O)[C@@H](N)Cc2cc(ccc2O)-c2ccc(F)c(c2)C[C@@H]1OC(=O)O. The third kappa shape index (κ3) is 6.25. The molecule has 0 unspecified atom stereocenters. The monoisotopic (exact) mass is 488 g/mol. The van der Waals surface area contributed by atoms with Crippen LogP contribution in [0.3, 0.4) is 0 Å². The van der Waals surface area contributed by atoms with Crippen molar-refractivity contribution in [2.75, 3.05) is 13.6 Å². The zero-order valence-electron chi connectivity index (χ0n) is 19.2. The van der Waals surface area contributed by atoms with Crippen LogP contribution >= 0.6 is 0 Å². The second-order valence-electron chi connectivity index (χ2n) is 8.44. The first-order valence-electron chi connectivity index (χ1n) is 11.1. The second-order valence-corrected chi connectivity index (χ2v) is 8.44. The average molecular weight is 489 g/mol. The highest BCUT2D eigenvalue weighted by Crippen LogP contribution is 2.29. The van der Waals surface area contributed by atoms with Gasteiger partial charge in [-0.2, -0.15) is 0 Å². The Bertz CT molecular complexity index is 1110. The highest BCUT2D eigenvalue weighted by atomic mass is 19.1. The molecule has 0 fully saturated rings. The van der Waals surface area contributed by atoms with E-state index in [0.29, 0.717) is 23.1 Å². The molecule has 0 aliphatic carbocycles. The Morgan fingerprint density at radius 2 is 1.83 bits per heavy atom. The van der Waals surface area contributed by atoms with Crippen LogP contribution in [0.2, 0.25) is 0 Å². The van der Waals surface area contributed by atoms with Gasteiger partial charge in [-0.1, -0.05) is 12.1 Å². The van der Waals surface area contributed by atoms with Gasteiger partial charge in [0.25, 0.3) is 0 Å². The number of ether oxygens (including phenoxy) is 1. The van der Waals surface area contributed by atoms with Crippen LogP contribution in [0.4, 0.5) is 9.18 Å². The summed E-state index contributed by atoms with van der Waals surface area (Å²) in [6.07, 6.45) is -2.73. The summed E-state index contributed by atoms with van der Waals surface area (Å²) >= 11 is 0. The average Bonchev–Trinajstić information content (AvgIpc) is 2.82.